The summed E-state index contributed by atoms with van der Waals surface area (Å²) in [5, 5.41) is 12.0. The van der Waals surface area contributed by atoms with Gasteiger partial charge in [0, 0.05) is 23.9 Å². The van der Waals surface area contributed by atoms with Gasteiger partial charge in [-0.25, -0.2) is 9.78 Å². The Morgan fingerprint density at radius 1 is 1.40 bits per heavy atom. The summed E-state index contributed by atoms with van der Waals surface area (Å²) in [6.45, 7) is 8.07. The van der Waals surface area contributed by atoms with Gasteiger partial charge in [-0.15, -0.1) is 11.3 Å². The standard InChI is InChI=1S/C13H21N3O3S/c1-8(2)16(7-5-6-11(17)18)13(19)15-12-14-9(3)10(4)20-12/h8H,5-7H2,1-4H3,(H,17,18)(H,14,15,19). The molecule has 112 valence electrons. The lowest BCUT2D eigenvalue weighted by Gasteiger charge is -2.26. The molecule has 20 heavy (non-hydrogen) atoms. The van der Waals surface area contributed by atoms with Crippen molar-refractivity contribution >= 4 is 28.5 Å². The topological polar surface area (TPSA) is 82.5 Å². The molecule has 0 spiro atoms. The molecule has 0 atom stereocenters. The number of carboxylic acids is 1. The molecule has 0 aliphatic carbocycles. The average molecular weight is 299 g/mol. The van der Waals surface area contributed by atoms with Crippen molar-refractivity contribution in [3.05, 3.63) is 10.6 Å². The SMILES string of the molecule is Cc1nc(NC(=O)N(CCCC(=O)O)C(C)C)sc1C. The summed E-state index contributed by atoms with van der Waals surface area (Å²) in [5.41, 5.74) is 0.910. The summed E-state index contributed by atoms with van der Waals surface area (Å²) in [6.07, 6.45) is 0.503. The number of thiazole rings is 1. The fourth-order valence-corrected chi connectivity index (χ4v) is 2.49. The van der Waals surface area contributed by atoms with Gasteiger partial charge in [-0.05, 0) is 34.1 Å². The number of nitrogens with one attached hydrogen (secondary N) is 1. The number of anilines is 1. The summed E-state index contributed by atoms with van der Waals surface area (Å²) in [4.78, 5) is 29.7. The van der Waals surface area contributed by atoms with Crippen LogP contribution in [-0.2, 0) is 4.79 Å². The van der Waals surface area contributed by atoms with Crippen molar-refractivity contribution in [2.45, 2.75) is 46.6 Å². The Morgan fingerprint density at radius 3 is 2.50 bits per heavy atom. The highest BCUT2D eigenvalue weighted by atomic mass is 32.1. The van der Waals surface area contributed by atoms with E-state index in [1.54, 1.807) is 4.90 Å². The molecule has 1 aromatic heterocycles. The third-order valence-electron chi connectivity index (χ3n) is 2.92. The Labute approximate surface area is 122 Å². The van der Waals surface area contributed by atoms with Gasteiger partial charge in [-0.1, -0.05) is 0 Å². The molecule has 0 aliphatic heterocycles. The summed E-state index contributed by atoms with van der Waals surface area (Å²) < 4.78 is 0. The third kappa shape index (κ3) is 4.80. The lowest BCUT2D eigenvalue weighted by molar-refractivity contribution is -0.137. The minimum atomic E-state index is -0.847. The summed E-state index contributed by atoms with van der Waals surface area (Å²) in [6, 6.07) is -0.231. The van der Waals surface area contributed by atoms with E-state index in [0.717, 1.165) is 10.6 Å². The van der Waals surface area contributed by atoms with Crippen molar-refractivity contribution in [2.24, 2.45) is 0 Å². The number of urea groups is 1. The Hall–Kier alpha value is -1.63. The predicted octanol–water partition coefficient (Wildman–Crippen LogP) is 2.87. The number of aryl methyl sites for hydroxylation is 2. The zero-order valence-electron chi connectivity index (χ0n) is 12.3. The van der Waals surface area contributed by atoms with Gasteiger partial charge in [-0.3, -0.25) is 10.1 Å². The van der Waals surface area contributed by atoms with Crippen LogP contribution in [0.15, 0.2) is 0 Å². The van der Waals surface area contributed by atoms with E-state index in [-0.39, 0.29) is 18.5 Å². The van der Waals surface area contributed by atoms with Crippen LogP contribution in [-0.4, -0.2) is 39.6 Å². The second-order valence-electron chi connectivity index (χ2n) is 4.88. The molecule has 1 rings (SSSR count). The normalized spacial score (nSPS) is 10.7. The highest BCUT2D eigenvalue weighted by molar-refractivity contribution is 7.15. The highest BCUT2D eigenvalue weighted by Gasteiger charge is 2.18. The molecule has 2 amide bonds. The molecule has 6 nitrogen and oxygen atoms in total. The highest BCUT2D eigenvalue weighted by Crippen LogP contribution is 2.21. The van der Waals surface area contributed by atoms with Gasteiger partial charge >= 0.3 is 12.0 Å². The van der Waals surface area contributed by atoms with E-state index in [1.165, 1.54) is 11.3 Å². The number of carboxylic acid groups (broad SMARTS) is 1. The number of rotatable bonds is 6. The molecule has 1 aromatic rings. The van der Waals surface area contributed by atoms with E-state index in [9.17, 15) is 9.59 Å². The van der Waals surface area contributed by atoms with Crippen molar-refractivity contribution in [3.63, 3.8) is 0 Å². The van der Waals surface area contributed by atoms with Crippen LogP contribution in [0.5, 0.6) is 0 Å². The number of amides is 2. The van der Waals surface area contributed by atoms with Crippen LogP contribution in [0.1, 0.15) is 37.3 Å². The minimum Gasteiger partial charge on any atom is -0.481 e. The van der Waals surface area contributed by atoms with E-state index in [4.69, 9.17) is 5.11 Å². The van der Waals surface area contributed by atoms with Crippen LogP contribution in [0.4, 0.5) is 9.93 Å². The largest absolute Gasteiger partial charge is 0.481 e. The summed E-state index contributed by atoms with van der Waals surface area (Å²) >= 11 is 1.44. The van der Waals surface area contributed by atoms with Crippen molar-refractivity contribution in [1.29, 1.82) is 0 Å². The molecule has 0 fully saturated rings. The molecule has 0 unspecified atom stereocenters. The number of carbonyl (C=O) groups is 2. The maximum absolute atomic E-state index is 12.2. The first-order chi connectivity index (χ1) is 9.31. The Balaban J connectivity index is 2.62. The summed E-state index contributed by atoms with van der Waals surface area (Å²) in [7, 11) is 0. The van der Waals surface area contributed by atoms with Gasteiger partial charge in [0.05, 0.1) is 5.69 Å². The Kier molecular flexibility index (Phi) is 5.94. The number of hydrogen-bond donors (Lipinski definition) is 2. The van der Waals surface area contributed by atoms with Crippen molar-refractivity contribution < 1.29 is 14.7 Å². The van der Waals surface area contributed by atoms with E-state index in [1.807, 2.05) is 27.7 Å². The lowest BCUT2D eigenvalue weighted by Crippen LogP contribution is -2.40. The number of hydrogen-bond acceptors (Lipinski definition) is 4. The fraction of sp³-hybridized carbons (Fsp3) is 0.615. The summed E-state index contributed by atoms with van der Waals surface area (Å²) in [5.74, 6) is -0.847. The molecule has 0 radical (unpaired) electrons. The smallest absolute Gasteiger partial charge is 0.323 e. The number of aromatic nitrogens is 1. The van der Waals surface area contributed by atoms with Crippen molar-refractivity contribution in [1.82, 2.24) is 9.88 Å². The molecule has 0 saturated heterocycles. The molecule has 0 aliphatic rings. The van der Waals surface area contributed by atoms with Crippen LogP contribution in [0.2, 0.25) is 0 Å². The number of carbonyl (C=O) groups excluding carboxylic acids is 1. The Morgan fingerprint density at radius 2 is 2.05 bits per heavy atom. The fourth-order valence-electron chi connectivity index (χ4n) is 1.68. The first kappa shape index (κ1) is 16.4. The van der Waals surface area contributed by atoms with E-state index >= 15 is 0 Å². The van der Waals surface area contributed by atoms with Crippen molar-refractivity contribution in [3.8, 4) is 0 Å². The third-order valence-corrected chi connectivity index (χ3v) is 3.90. The zero-order chi connectivity index (χ0) is 15.3. The second-order valence-corrected chi connectivity index (χ2v) is 6.08. The molecule has 0 saturated carbocycles. The lowest BCUT2D eigenvalue weighted by atomic mass is 10.2. The maximum Gasteiger partial charge on any atom is 0.323 e. The molecule has 2 N–H and O–H groups in total. The molecule has 1 heterocycles. The van der Waals surface area contributed by atoms with Crippen molar-refractivity contribution in [2.75, 3.05) is 11.9 Å². The second kappa shape index (κ2) is 7.23. The van der Waals surface area contributed by atoms with E-state index in [2.05, 4.69) is 10.3 Å². The molecule has 7 heteroatoms. The first-order valence-electron chi connectivity index (χ1n) is 6.54. The monoisotopic (exact) mass is 299 g/mol. The molecular formula is C13H21N3O3S. The van der Waals surface area contributed by atoms with Gasteiger partial charge in [0.2, 0.25) is 0 Å². The average Bonchev–Trinajstić information content (AvgIpc) is 2.62. The van der Waals surface area contributed by atoms with Crippen LogP contribution < -0.4 is 5.32 Å². The van der Waals surface area contributed by atoms with Crippen LogP contribution >= 0.6 is 11.3 Å². The predicted molar refractivity (Wildman–Crippen MR) is 79.3 cm³/mol. The number of nitrogens with zero attached hydrogens (tertiary/aromatic N) is 2. The maximum atomic E-state index is 12.2. The van der Waals surface area contributed by atoms with E-state index in [0.29, 0.717) is 18.1 Å². The van der Waals surface area contributed by atoms with Crippen LogP contribution in [0.25, 0.3) is 0 Å². The van der Waals surface area contributed by atoms with E-state index < -0.39 is 5.97 Å². The molecular weight excluding hydrogens is 278 g/mol. The van der Waals surface area contributed by atoms with Gasteiger partial charge in [0.1, 0.15) is 0 Å². The first-order valence-corrected chi connectivity index (χ1v) is 7.36. The Bertz CT molecular complexity index is 466. The zero-order valence-corrected chi connectivity index (χ0v) is 13.1. The molecule has 0 aromatic carbocycles. The number of aliphatic carboxylic acids is 1. The molecule has 0 bridgehead atoms. The minimum absolute atomic E-state index is 0.00551. The van der Waals surface area contributed by atoms with Crippen LogP contribution in [0, 0.1) is 13.8 Å². The van der Waals surface area contributed by atoms with Gasteiger partial charge < -0.3 is 10.0 Å². The van der Waals surface area contributed by atoms with Crippen LogP contribution in [0.3, 0.4) is 0 Å². The van der Waals surface area contributed by atoms with Gasteiger partial charge in [0.25, 0.3) is 0 Å². The van der Waals surface area contributed by atoms with Gasteiger partial charge in [-0.2, -0.15) is 0 Å². The quantitative estimate of drug-likeness (QED) is 0.846. The van der Waals surface area contributed by atoms with Gasteiger partial charge in [0.15, 0.2) is 5.13 Å².